The lowest BCUT2D eigenvalue weighted by molar-refractivity contribution is 0.205. The van der Waals surface area contributed by atoms with E-state index in [0.29, 0.717) is 48.2 Å². The fourth-order valence-electron chi connectivity index (χ4n) is 4.60. The van der Waals surface area contributed by atoms with Gasteiger partial charge in [0.05, 0.1) is 22.9 Å². The van der Waals surface area contributed by atoms with E-state index in [1.807, 2.05) is 35.2 Å². The zero-order valence-corrected chi connectivity index (χ0v) is 19.7. The molecule has 1 saturated carbocycles. The first-order valence-corrected chi connectivity index (χ1v) is 13.1. The van der Waals surface area contributed by atoms with E-state index < -0.39 is 10.0 Å². The molecule has 0 unspecified atom stereocenters. The van der Waals surface area contributed by atoms with E-state index in [1.165, 1.54) is 8.99 Å². The molecule has 0 radical (unpaired) electrons. The van der Waals surface area contributed by atoms with E-state index in [9.17, 15) is 13.2 Å². The van der Waals surface area contributed by atoms with E-state index in [-0.39, 0.29) is 11.7 Å². The molecule has 0 spiro atoms. The molecule has 178 valence electrons. The molecule has 34 heavy (non-hydrogen) atoms. The first-order valence-electron chi connectivity index (χ1n) is 11.7. The van der Waals surface area contributed by atoms with Gasteiger partial charge in [0, 0.05) is 26.2 Å². The highest BCUT2D eigenvalue weighted by Gasteiger charge is 2.31. The van der Waals surface area contributed by atoms with Crippen molar-refractivity contribution in [3.63, 3.8) is 0 Å². The minimum absolute atomic E-state index is 0.0119. The molecule has 9 heteroatoms. The van der Waals surface area contributed by atoms with Crippen LogP contribution in [0.3, 0.4) is 0 Å². The number of ether oxygens (including phenoxy) is 1. The van der Waals surface area contributed by atoms with Gasteiger partial charge in [0.25, 0.3) is 0 Å². The average molecular weight is 481 g/mol. The van der Waals surface area contributed by atoms with Crippen molar-refractivity contribution in [1.82, 2.24) is 14.1 Å². The second-order valence-electron chi connectivity index (χ2n) is 8.64. The van der Waals surface area contributed by atoms with Crippen molar-refractivity contribution in [3.8, 4) is 11.4 Å². The van der Waals surface area contributed by atoms with Crippen LogP contribution in [0.25, 0.3) is 5.69 Å². The number of benzene rings is 2. The fraction of sp³-hybridized carbons (Fsp3) is 0.360. The molecule has 0 N–H and O–H groups in total. The van der Waals surface area contributed by atoms with E-state index in [1.54, 1.807) is 36.5 Å². The minimum Gasteiger partial charge on any atom is -0.483 e. The largest absolute Gasteiger partial charge is 0.483 e. The SMILES string of the molecule is O=c1c(OC2CCCC2)c(N2CCN(S(=O)(=O)c3ccccc3)CC2)cnn1-c1ccccc1. The summed E-state index contributed by atoms with van der Waals surface area (Å²) in [5, 5.41) is 4.42. The van der Waals surface area contributed by atoms with Gasteiger partial charge >= 0.3 is 5.56 Å². The van der Waals surface area contributed by atoms with Crippen LogP contribution in [-0.4, -0.2) is 54.8 Å². The van der Waals surface area contributed by atoms with Gasteiger partial charge in [0.15, 0.2) is 0 Å². The fourth-order valence-corrected chi connectivity index (χ4v) is 6.05. The minimum atomic E-state index is -3.55. The third kappa shape index (κ3) is 4.45. The molecule has 0 bridgehead atoms. The lowest BCUT2D eigenvalue weighted by Gasteiger charge is -2.36. The Morgan fingerprint density at radius 3 is 2.12 bits per heavy atom. The predicted molar refractivity (Wildman–Crippen MR) is 130 cm³/mol. The highest BCUT2D eigenvalue weighted by atomic mass is 32.2. The van der Waals surface area contributed by atoms with Crippen LogP contribution in [0.15, 0.2) is 76.6 Å². The number of hydrogen-bond acceptors (Lipinski definition) is 6. The number of piperazine rings is 1. The van der Waals surface area contributed by atoms with Crippen LogP contribution >= 0.6 is 0 Å². The molecule has 0 atom stereocenters. The van der Waals surface area contributed by atoms with Crippen molar-refractivity contribution in [2.75, 3.05) is 31.1 Å². The lowest BCUT2D eigenvalue weighted by Crippen LogP contribution is -2.49. The molecule has 2 aliphatic rings. The van der Waals surface area contributed by atoms with Crippen molar-refractivity contribution in [2.24, 2.45) is 0 Å². The van der Waals surface area contributed by atoms with Crippen LogP contribution in [0.4, 0.5) is 5.69 Å². The zero-order chi connectivity index (χ0) is 23.5. The normalized spacial score (nSPS) is 17.7. The number of aromatic nitrogens is 2. The third-order valence-corrected chi connectivity index (χ3v) is 8.38. The maximum absolute atomic E-state index is 13.5. The smallest absolute Gasteiger partial charge is 0.316 e. The molecular formula is C25H28N4O4S. The summed E-state index contributed by atoms with van der Waals surface area (Å²) >= 11 is 0. The summed E-state index contributed by atoms with van der Waals surface area (Å²) in [6.07, 6.45) is 5.71. The summed E-state index contributed by atoms with van der Waals surface area (Å²) in [4.78, 5) is 15.8. The third-order valence-electron chi connectivity index (χ3n) is 6.46. The predicted octanol–water partition coefficient (Wildman–Crippen LogP) is 3.06. The standard InChI is InChI=1S/C25H28N4O4S/c30-25-24(33-21-11-7-8-12-21)23(19-26-29(25)20-9-3-1-4-10-20)27-15-17-28(18-16-27)34(31,32)22-13-5-2-6-14-22/h1-6,9-10,13-14,19,21H,7-8,11-12,15-18H2. The van der Waals surface area contributed by atoms with Crippen molar-refractivity contribution in [3.05, 3.63) is 77.2 Å². The van der Waals surface area contributed by atoms with Gasteiger partial charge < -0.3 is 9.64 Å². The maximum Gasteiger partial charge on any atom is 0.316 e. The van der Waals surface area contributed by atoms with Gasteiger partial charge in [-0.05, 0) is 49.9 Å². The highest BCUT2D eigenvalue weighted by molar-refractivity contribution is 7.89. The van der Waals surface area contributed by atoms with Crippen LogP contribution < -0.4 is 15.2 Å². The van der Waals surface area contributed by atoms with Gasteiger partial charge in [0.2, 0.25) is 15.8 Å². The van der Waals surface area contributed by atoms with Crippen LogP contribution in [0.2, 0.25) is 0 Å². The topological polar surface area (TPSA) is 84.7 Å². The molecule has 5 rings (SSSR count). The van der Waals surface area contributed by atoms with Crippen molar-refractivity contribution in [1.29, 1.82) is 0 Å². The second kappa shape index (κ2) is 9.60. The summed E-state index contributed by atoms with van der Waals surface area (Å²) in [6, 6.07) is 17.8. The molecule has 2 aromatic carbocycles. The van der Waals surface area contributed by atoms with Gasteiger partial charge in [-0.1, -0.05) is 36.4 Å². The quantitative estimate of drug-likeness (QED) is 0.539. The first kappa shape index (κ1) is 22.6. The van der Waals surface area contributed by atoms with E-state index >= 15 is 0 Å². The van der Waals surface area contributed by atoms with Crippen molar-refractivity contribution >= 4 is 15.7 Å². The summed E-state index contributed by atoms with van der Waals surface area (Å²) in [5.41, 5.74) is 1.00. The molecule has 3 aromatic rings. The zero-order valence-electron chi connectivity index (χ0n) is 18.9. The van der Waals surface area contributed by atoms with E-state index in [0.717, 1.165) is 25.7 Å². The van der Waals surface area contributed by atoms with Crippen LogP contribution in [-0.2, 0) is 10.0 Å². The summed E-state index contributed by atoms with van der Waals surface area (Å²) in [6.45, 7) is 1.54. The van der Waals surface area contributed by atoms with E-state index in [4.69, 9.17) is 4.74 Å². The Bertz CT molecular complexity index is 1280. The highest BCUT2D eigenvalue weighted by Crippen LogP contribution is 2.30. The Morgan fingerprint density at radius 2 is 1.47 bits per heavy atom. The van der Waals surface area contributed by atoms with Gasteiger partial charge in [0.1, 0.15) is 5.69 Å². The number of rotatable bonds is 6. The first-order chi connectivity index (χ1) is 16.5. The molecule has 1 saturated heterocycles. The summed E-state index contributed by atoms with van der Waals surface area (Å²) < 4.78 is 35.1. The Labute approximate surface area is 199 Å². The van der Waals surface area contributed by atoms with Gasteiger partial charge in [-0.25, -0.2) is 8.42 Å². The number of anilines is 1. The van der Waals surface area contributed by atoms with Gasteiger partial charge in [-0.2, -0.15) is 14.1 Å². The van der Waals surface area contributed by atoms with Crippen LogP contribution in [0.1, 0.15) is 25.7 Å². The monoisotopic (exact) mass is 480 g/mol. The average Bonchev–Trinajstić information content (AvgIpc) is 3.40. The van der Waals surface area contributed by atoms with Crippen molar-refractivity contribution < 1.29 is 13.2 Å². The van der Waals surface area contributed by atoms with E-state index in [2.05, 4.69) is 5.10 Å². The number of sulfonamides is 1. The van der Waals surface area contributed by atoms with Crippen LogP contribution in [0, 0.1) is 0 Å². The lowest BCUT2D eigenvalue weighted by atomic mass is 10.2. The maximum atomic E-state index is 13.5. The molecule has 8 nitrogen and oxygen atoms in total. The second-order valence-corrected chi connectivity index (χ2v) is 10.6. The Balaban J connectivity index is 1.42. The number of para-hydroxylation sites is 1. The molecule has 2 heterocycles. The molecule has 1 aliphatic heterocycles. The molecule has 0 amide bonds. The van der Waals surface area contributed by atoms with Crippen LogP contribution in [0.5, 0.6) is 5.75 Å². The number of hydrogen-bond donors (Lipinski definition) is 0. The molecule has 1 aromatic heterocycles. The summed E-state index contributed by atoms with van der Waals surface area (Å²) in [5.74, 6) is 0.296. The van der Waals surface area contributed by atoms with Gasteiger partial charge in [-0.15, -0.1) is 0 Å². The summed E-state index contributed by atoms with van der Waals surface area (Å²) in [7, 11) is -3.55. The molecule has 1 aliphatic carbocycles. The Morgan fingerprint density at radius 1 is 0.853 bits per heavy atom. The Kier molecular flexibility index (Phi) is 6.38. The molecule has 2 fully saturated rings. The Hall–Kier alpha value is -3.17. The molecular weight excluding hydrogens is 452 g/mol. The number of nitrogens with zero attached hydrogens (tertiary/aromatic N) is 4. The van der Waals surface area contributed by atoms with Gasteiger partial charge in [-0.3, -0.25) is 4.79 Å². The van der Waals surface area contributed by atoms with Crippen molar-refractivity contribution in [2.45, 2.75) is 36.7 Å².